The summed E-state index contributed by atoms with van der Waals surface area (Å²) in [6.45, 7) is 3.89. The number of anilines is 1. The molecule has 0 bridgehead atoms. The van der Waals surface area contributed by atoms with E-state index in [4.69, 9.17) is 4.74 Å². The number of ether oxygens (including phenoxy) is 1. The highest BCUT2D eigenvalue weighted by Crippen LogP contribution is 2.16. The average Bonchev–Trinajstić information content (AvgIpc) is 2.94. The third kappa shape index (κ3) is 3.27. The van der Waals surface area contributed by atoms with Crippen LogP contribution in [-0.2, 0) is 0 Å². The summed E-state index contributed by atoms with van der Waals surface area (Å²) in [5.74, 6) is 1.21. The molecule has 1 N–H and O–H groups in total. The van der Waals surface area contributed by atoms with E-state index in [1.807, 2.05) is 19.9 Å². The molecule has 0 unspecified atom stereocenters. The van der Waals surface area contributed by atoms with E-state index in [0.717, 1.165) is 17.1 Å². The molecular formula is C18H18N4O2. The van der Waals surface area contributed by atoms with Gasteiger partial charge in [0.15, 0.2) is 5.82 Å². The third-order valence-electron chi connectivity index (χ3n) is 3.58. The molecule has 3 rings (SSSR count). The van der Waals surface area contributed by atoms with Crippen LogP contribution in [0.4, 0.5) is 5.69 Å². The molecule has 2 aromatic heterocycles. The summed E-state index contributed by atoms with van der Waals surface area (Å²) in [6.07, 6.45) is 1.55. The third-order valence-corrected chi connectivity index (χ3v) is 3.58. The number of carbonyl (C=O) groups is 1. The first-order valence-electron chi connectivity index (χ1n) is 7.52. The van der Waals surface area contributed by atoms with Crippen molar-refractivity contribution in [2.24, 2.45) is 0 Å². The normalized spacial score (nSPS) is 10.5. The van der Waals surface area contributed by atoms with Crippen LogP contribution in [0.2, 0.25) is 0 Å². The Morgan fingerprint density at radius 1 is 1.12 bits per heavy atom. The Bertz CT molecular complexity index is 852. The molecule has 122 valence electrons. The van der Waals surface area contributed by atoms with Gasteiger partial charge in [0.2, 0.25) is 0 Å². The maximum absolute atomic E-state index is 12.3. The van der Waals surface area contributed by atoms with Crippen LogP contribution in [0.3, 0.4) is 0 Å². The van der Waals surface area contributed by atoms with Crippen molar-refractivity contribution in [3.05, 3.63) is 65.6 Å². The van der Waals surface area contributed by atoms with E-state index < -0.39 is 0 Å². The Morgan fingerprint density at radius 3 is 2.42 bits per heavy atom. The fraction of sp³-hybridized carbons (Fsp3) is 0.167. The number of rotatable bonds is 4. The van der Waals surface area contributed by atoms with E-state index in [1.165, 1.54) is 0 Å². The van der Waals surface area contributed by atoms with Crippen molar-refractivity contribution in [3.8, 4) is 11.6 Å². The Morgan fingerprint density at radius 2 is 1.88 bits per heavy atom. The van der Waals surface area contributed by atoms with Gasteiger partial charge in [-0.2, -0.15) is 5.10 Å². The molecule has 0 aliphatic rings. The lowest BCUT2D eigenvalue weighted by molar-refractivity contribution is 0.102. The van der Waals surface area contributed by atoms with Gasteiger partial charge < -0.3 is 10.1 Å². The fourth-order valence-electron chi connectivity index (χ4n) is 2.38. The van der Waals surface area contributed by atoms with Gasteiger partial charge in [-0.25, -0.2) is 9.67 Å². The smallest absolute Gasteiger partial charge is 0.257 e. The lowest BCUT2D eigenvalue weighted by atomic mass is 10.2. The monoisotopic (exact) mass is 322 g/mol. The molecule has 0 saturated carbocycles. The molecular weight excluding hydrogens is 304 g/mol. The maximum atomic E-state index is 12.3. The van der Waals surface area contributed by atoms with Crippen LogP contribution in [0.1, 0.15) is 21.7 Å². The summed E-state index contributed by atoms with van der Waals surface area (Å²) >= 11 is 0. The summed E-state index contributed by atoms with van der Waals surface area (Å²) in [5, 5.41) is 7.21. The Balaban J connectivity index is 1.74. The molecule has 24 heavy (non-hydrogen) atoms. The number of nitrogens with zero attached hydrogens (tertiary/aromatic N) is 3. The summed E-state index contributed by atoms with van der Waals surface area (Å²) in [6, 6.07) is 12.6. The number of benzene rings is 1. The Hall–Kier alpha value is -3.15. The second kappa shape index (κ2) is 6.54. The molecule has 2 heterocycles. The van der Waals surface area contributed by atoms with Gasteiger partial charge in [-0.15, -0.1) is 0 Å². The first kappa shape index (κ1) is 15.7. The van der Waals surface area contributed by atoms with Crippen molar-refractivity contribution in [3.63, 3.8) is 0 Å². The second-order valence-corrected chi connectivity index (χ2v) is 5.43. The minimum atomic E-state index is -0.215. The predicted molar refractivity (Wildman–Crippen MR) is 91.8 cm³/mol. The summed E-state index contributed by atoms with van der Waals surface area (Å²) in [7, 11) is 1.60. The van der Waals surface area contributed by atoms with Crippen molar-refractivity contribution >= 4 is 11.6 Å². The van der Waals surface area contributed by atoms with Crippen LogP contribution < -0.4 is 10.1 Å². The van der Waals surface area contributed by atoms with E-state index in [-0.39, 0.29) is 5.91 Å². The average molecular weight is 322 g/mol. The molecule has 0 aliphatic heterocycles. The summed E-state index contributed by atoms with van der Waals surface area (Å²) < 4.78 is 6.84. The highest BCUT2D eigenvalue weighted by Gasteiger charge is 2.09. The van der Waals surface area contributed by atoms with Crippen LogP contribution in [0.25, 0.3) is 5.82 Å². The van der Waals surface area contributed by atoms with Crippen LogP contribution >= 0.6 is 0 Å². The number of methoxy groups -OCH3 is 1. The van der Waals surface area contributed by atoms with Crippen LogP contribution in [-0.4, -0.2) is 27.8 Å². The number of nitrogens with one attached hydrogen (secondary N) is 1. The van der Waals surface area contributed by atoms with E-state index in [0.29, 0.717) is 17.1 Å². The topological polar surface area (TPSA) is 69.0 Å². The molecule has 3 aromatic rings. The van der Waals surface area contributed by atoms with Gasteiger partial charge in [0.25, 0.3) is 5.91 Å². The molecule has 0 atom stereocenters. The van der Waals surface area contributed by atoms with Crippen molar-refractivity contribution in [2.45, 2.75) is 13.8 Å². The summed E-state index contributed by atoms with van der Waals surface area (Å²) in [4.78, 5) is 16.6. The van der Waals surface area contributed by atoms with E-state index in [2.05, 4.69) is 15.4 Å². The minimum absolute atomic E-state index is 0.215. The number of aromatic nitrogens is 3. The number of pyridine rings is 1. The lowest BCUT2D eigenvalue weighted by Gasteiger charge is -2.07. The molecule has 0 fully saturated rings. The molecule has 0 spiro atoms. The highest BCUT2D eigenvalue weighted by molar-refractivity contribution is 6.04. The van der Waals surface area contributed by atoms with Crippen LogP contribution in [0.15, 0.2) is 48.7 Å². The zero-order valence-corrected chi connectivity index (χ0v) is 13.8. The Labute approximate surface area is 140 Å². The lowest BCUT2D eigenvalue weighted by Crippen LogP contribution is -2.13. The standard InChI is InChI=1S/C18H18N4O2/c1-12-10-13(2)22(21-12)17-9-4-14(11-19-17)18(23)20-15-5-7-16(24-3)8-6-15/h4-11H,1-3H3,(H,20,23). The van der Waals surface area contributed by atoms with E-state index in [9.17, 15) is 4.79 Å². The zero-order chi connectivity index (χ0) is 17.1. The molecule has 6 nitrogen and oxygen atoms in total. The van der Waals surface area contributed by atoms with Gasteiger partial charge in [0, 0.05) is 17.6 Å². The second-order valence-electron chi connectivity index (χ2n) is 5.43. The predicted octanol–water partition coefficient (Wildman–Crippen LogP) is 3.15. The van der Waals surface area contributed by atoms with Gasteiger partial charge >= 0.3 is 0 Å². The Kier molecular flexibility index (Phi) is 4.29. The van der Waals surface area contributed by atoms with Crippen molar-refractivity contribution in [1.29, 1.82) is 0 Å². The number of aryl methyl sites for hydroxylation is 2. The maximum Gasteiger partial charge on any atom is 0.257 e. The van der Waals surface area contributed by atoms with Crippen LogP contribution in [0, 0.1) is 13.8 Å². The fourth-order valence-corrected chi connectivity index (χ4v) is 2.38. The minimum Gasteiger partial charge on any atom is -0.497 e. The number of hydrogen-bond acceptors (Lipinski definition) is 4. The van der Waals surface area contributed by atoms with Gasteiger partial charge in [-0.1, -0.05) is 0 Å². The first-order valence-corrected chi connectivity index (χ1v) is 7.52. The van der Waals surface area contributed by atoms with Gasteiger partial charge in [-0.3, -0.25) is 4.79 Å². The quantitative estimate of drug-likeness (QED) is 0.801. The first-order chi connectivity index (χ1) is 11.6. The zero-order valence-electron chi connectivity index (χ0n) is 13.8. The van der Waals surface area contributed by atoms with Gasteiger partial charge in [0.05, 0.1) is 18.4 Å². The van der Waals surface area contributed by atoms with Gasteiger partial charge in [0.1, 0.15) is 5.75 Å². The van der Waals surface area contributed by atoms with Crippen molar-refractivity contribution in [1.82, 2.24) is 14.8 Å². The van der Waals surface area contributed by atoms with E-state index in [1.54, 1.807) is 54.4 Å². The molecule has 0 saturated heterocycles. The summed E-state index contributed by atoms with van der Waals surface area (Å²) in [5.41, 5.74) is 3.10. The number of amides is 1. The van der Waals surface area contributed by atoms with Crippen molar-refractivity contribution < 1.29 is 9.53 Å². The number of hydrogen-bond donors (Lipinski definition) is 1. The molecule has 1 amide bonds. The molecule has 1 aromatic carbocycles. The largest absolute Gasteiger partial charge is 0.497 e. The molecule has 0 radical (unpaired) electrons. The SMILES string of the molecule is COc1ccc(NC(=O)c2ccc(-n3nc(C)cc3C)nc2)cc1. The number of carbonyl (C=O) groups excluding carboxylic acids is 1. The van der Waals surface area contributed by atoms with Gasteiger partial charge in [-0.05, 0) is 56.3 Å². The highest BCUT2D eigenvalue weighted by atomic mass is 16.5. The van der Waals surface area contributed by atoms with Crippen LogP contribution in [0.5, 0.6) is 5.75 Å². The van der Waals surface area contributed by atoms with E-state index >= 15 is 0 Å². The van der Waals surface area contributed by atoms with Crippen molar-refractivity contribution in [2.75, 3.05) is 12.4 Å². The molecule has 6 heteroatoms. The molecule has 0 aliphatic carbocycles.